The Morgan fingerprint density at radius 1 is 1.18 bits per heavy atom. The maximum atomic E-state index is 11.6. The molecule has 0 unspecified atom stereocenters. The van der Waals surface area contributed by atoms with Gasteiger partial charge in [0.05, 0.1) is 5.69 Å². The molecule has 3 rings (SSSR count). The quantitative estimate of drug-likeness (QED) is 0.441. The molecule has 0 saturated carbocycles. The van der Waals surface area contributed by atoms with Crippen LogP contribution in [0.1, 0.15) is 5.69 Å². The van der Waals surface area contributed by atoms with Crippen LogP contribution < -0.4 is 11.1 Å². The molecule has 0 atom stereocenters. The lowest BCUT2D eigenvalue weighted by molar-refractivity contribution is 0.797. The summed E-state index contributed by atoms with van der Waals surface area (Å²) in [7, 11) is 0. The van der Waals surface area contributed by atoms with Crippen molar-refractivity contribution in [3.05, 3.63) is 50.7 Å². The Kier molecular flexibility index (Phi) is 1.85. The SMILES string of the molecule is Cc1nn2c(=O)c(=O)[nH]nc2c2ccccc12. The average Bonchev–Trinajstić information content (AvgIpc) is 2.35. The fourth-order valence-corrected chi connectivity index (χ4v) is 1.86. The highest BCUT2D eigenvalue weighted by Gasteiger charge is 2.09. The number of fused-ring (bicyclic) bond motifs is 3. The summed E-state index contributed by atoms with van der Waals surface area (Å²) in [6.07, 6.45) is 0. The van der Waals surface area contributed by atoms with E-state index in [0.29, 0.717) is 11.3 Å². The number of nitrogens with zero attached hydrogens (tertiary/aromatic N) is 3. The van der Waals surface area contributed by atoms with Gasteiger partial charge in [-0.1, -0.05) is 24.3 Å². The summed E-state index contributed by atoms with van der Waals surface area (Å²) in [5.74, 6) is 0. The van der Waals surface area contributed by atoms with Crippen LogP contribution in [0.5, 0.6) is 0 Å². The summed E-state index contributed by atoms with van der Waals surface area (Å²) < 4.78 is 1.04. The maximum absolute atomic E-state index is 11.6. The monoisotopic (exact) mass is 228 g/mol. The van der Waals surface area contributed by atoms with Crippen molar-refractivity contribution in [2.24, 2.45) is 0 Å². The number of nitrogens with one attached hydrogen (secondary N) is 1. The summed E-state index contributed by atoms with van der Waals surface area (Å²) in [6.45, 7) is 1.79. The van der Waals surface area contributed by atoms with Crippen molar-refractivity contribution in [2.75, 3.05) is 0 Å². The van der Waals surface area contributed by atoms with E-state index in [1.165, 1.54) is 0 Å². The Bertz CT molecular complexity index is 847. The van der Waals surface area contributed by atoms with Crippen molar-refractivity contribution in [2.45, 2.75) is 6.92 Å². The molecule has 3 aromatic rings. The van der Waals surface area contributed by atoms with Gasteiger partial charge in [-0.2, -0.15) is 14.7 Å². The van der Waals surface area contributed by atoms with Crippen molar-refractivity contribution in [3.63, 3.8) is 0 Å². The van der Waals surface area contributed by atoms with Gasteiger partial charge in [0.2, 0.25) is 0 Å². The van der Waals surface area contributed by atoms with Gasteiger partial charge in [-0.15, -0.1) is 0 Å². The molecule has 0 fully saturated rings. The fraction of sp³-hybridized carbons (Fsp3) is 0.0909. The molecule has 2 heterocycles. The van der Waals surface area contributed by atoms with Crippen molar-refractivity contribution >= 4 is 16.4 Å². The first-order chi connectivity index (χ1) is 8.18. The molecule has 0 aliphatic rings. The third-order valence-corrected chi connectivity index (χ3v) is 2.66. The molecule has 2 aromatic heterocycles. The number of hydrogen-bond donors (Lipinski definition) is 1. The van der Waals surface area contributed by atoms with Crippen LogP contribution >= 0.6 is 0 Å². The highest BCUT2D eigenvalue weighted by Crippen LogP contribution is 2.18. The molecule has 0 aliphatic carbocycles. The Hall–Kier alpha value is -2.50. The van der Waals surface area contributed by atoms with Gasteiger partial charge < -0.3 is 0 Å². The molecule has 0 saturated heterocycles. The number of benzene rings is 1. The molecule has 0 spiro atoms. The Labute approximate surface area is 94.5 Å². The van der Waals surface area contributed by atoms with Crippen molar-refractivity contribution in [3.8, 4) is 0 Å². The van der Waals surface area contributed by atoms with E-state index in [1.807, 2.05) is 24.3 Å². The van der Waals surface area contributed by atoms with Crippen LogP contribution in [-0.2, 0) is 0 Å². The van der Waals surface area contributed by atoms with Gasteiger partial charge in [-0.05, 0) is 6.92 Å². The lowest BCUT2D eigenvalue weighted by Crippen LogP contribution is -2.35. The van der Waals surface area contributed by atoms with Gasteiger partial charge in [0.1, 0.15) is 0 Å². The van der Waals surface area contributed by atoms with Gasteiger partial charge in [-0.25, -0.2) is 5.10 Å². The molecule has 84 valence electrons. The molecule has 6 heteroatoms. The summed E-state index contributed by atoms with van der Waals surface area (Å²) in [5.41, 5.74) is -0.452. The predicted octanol–water partition coefficient (Wildman–Crippen LogP) is 0.239. The van der Waals surface area contributed by atoms with Gasteiger partial charge in [0.15, 0.2) is 5.65 Å². The van der Waals surface area contributed by atoms with E-state index in [4.69, 9.17) is 0 Å². The van der Waals surface area contributed by atoms with E-state index in [0.717, 1.165) is 15.3 Å². The van der Waals surface area contributed by atoms with Gasteiger partial charge in [-0.3, -0.25) is 9.59 Å². The lowest BCUT2D eigenvalue weighted by Gasteiger charge is -2.04. The molecule has 1 aromatic carbocycles. The second-order valence-corrected chi connectivity index (χ2v) is 3.72. The Morgan fingerprint density at radius 3 is 2.65 bits per heavy atom. The summed E-state index contributed by atoms with van der Waals surface area (Å²) in [6, 6.07) is 7.47. The van der Waals surface area contributed by atoms with E-state index in [-0.39, 0.29) is 0 Å². The van der Waals surface area contributed by atoms with Crippen LogP contribution in [0.4, 0.5) is 0 Å². The van der Waals surface area contributed by atoms with Gasteiger partial charge in [0, 0.05) is 10.8 Å². The summed E-state index contributed by atoms with van der Waals surface area (Å²) >= 11 is 0. The predicted molar refractivity (Wildman–Crippen MR) is 62.1 cm³/mol. The molecule has 0 amide bonds. The molecule has 6 nitrogen and oxygen atoms in total. The summed E-state index contributed by atoms with van der Waals surface area (Å²) in [4.78, 5) is 22.8. The zero-order valence-corrected chi connectivity index (χ0v) is 8.97. The molecule has 1 N–H and O–H groups in total. The van der Waals surface area contributed by atoms with Crippen LogP contribution in [-0.4, -0.2) is 19.8 Å². The number of aromatic amines is 1. The molecule has 0 bridgehead atoms. The van der Waals surface area contributed by atoms with E-state index in [2.05, 4.69) is 15.3 Å². The topological polar surface area (TPSA) is 80.1 Å². The number of rotatable bonds is 0. The molecule has 0 aliphatic heterocycles. The first kappa shape index (κ1) is 9.71. The minimum Gasteiger partial charge on any atom is -0.262 e. The van der Waals surface area contributed by atoms with E-state index >= 15 is 0 Å². The number of H-pyrrole nitrogens is 1. The van der Waals surface area contributed by atoms with Crippen LogP contribution in [0.2, 0.25) is 0 Å². The molecule has 17 heavy (non-hydrogen) atoms. The van der Waals surface area contributed by atoms with Crippen LogP contribution in [0, 0.1) is 6.92 Å². The summed E-state index contributed by atoms with van der Waals surface area (Å²) in [5, 5.41) is 11.8. The third kappa shape index (κ3) is 1.27. The highest BCUT2D eigenvalue weighted by molar-refractivity contribution is 5.94. The van der Waals surface area contributed by atoms with E-state index < -0.39 is 11.1 Å². The zero-order chi connectivity index (χ0) is 12.0. The van der Waals surface area contributed by atoms with Gasteiger partial charge >= 0.3 is 11.1 Å². The van der Waals surface area contributed by atoms with Gasteiger partial charge in [0.25, 0.3) is 0 Å². The average molecular weight is 228 g/mol. The first-order valence-electron chi connectivity index (χ1n) is 5.05. The third-order valence-electron chi connectivity index (χ3n) is 2.66. The van der Waals surface area contributed by atoms with Crippen LogP contribution in [0.15, 0.2) is 33.9 Å². The normalized spacial score (nSPS) is 11.1. The van der Waals surface area contributed by atoms with Crippen LogP contribution in [0.25, 0.3) is 16.4 Å². The lowest BCUT2D eigenvalue weighted by atomic mass is 10.1. The fourth-order valence-electron chi connectivity index (χ4n) is 1.86. The minimum absolute atomic E-state index is 0.357. The van der Waals surface area contributed by atoms with Crippen LogP contribution in [0.3, 0.4) is 0 Å². The Balaban J connectivity index is 2.72. The van der Waals surface area contributed by atoms with Crippen molar-refractivity contribution < 1.29 is 0 Å². The zero-order valence-electron chi connectivity index (χ0n) is 8.97. The van der Waals surface area contributed by atoms with Crippen molar-refractivity contribution in [1.29, 1.82) is 0 Å². The second kappa shape index (κ2) is 3.24. The van der Waals surface area contributed by atoms with E-state index in [1.54, 1.807) is 6.92 Å². The maximum Gasteiger partial charge on any atom is 0.340 e. The second-order valence-electron chi connectivity index (χ2n) is 3.72. The number of aromatic nitrogens is 4. The van der Waals surface area contributed by atoms with Crippen molar-refractivity contribution in [1.82, 2.24) is 19.8 Å². The Morgan fingerprint density at radius 2 is 1.88 bits per heavy atom. The number of hydrogen-bond acceptors (Lipinski definition) is 4. The standard InChI is InChI=1S/C11H8N4O2/c1-6-7-4-2-3-5-8(7)9-12-13-10(16)11(17)15(9)14-6/h2-5H,1H3,(H,13,16). The largest absolute Gasteiger partial charge is 0.340 e. The first-order valence-corrected chi connectivity index (χ1v) is 5.05. The van der Waals surface area contributed by atoms with E-state index in [9.17, 15) is 9.59 Å². The molecular formula is C11H8N4O2. The number of aryl methyl sites for hydroxylation is 1. The molecular weight excluding hydrogens is 220 g/mol. The minimum atomic E-state index is -0.773. The molecule has 0 radical (unpaired) electrons. The smallest absolute Gasteiger partial charge is 0.262 e. The highest BCUT2D eigenvalue weighted by atomic mass is 16.2.